The van der Waals surface area contributed by atoms with E-state index in [9.17, 15) is 4.79 Å². The average Bonchev–Trinajstić information content (AvgIpc) is 2.38. The Hall–Kier alpha value is -0.0600. The molecule has 0 N–H and O–H groups in total. The second kappa shape index (κ2) is 8.28. The van der Waals surface area contributed by atoms with Gasteiger partial charge in [0, 0.05) is 22.4 Å². The van der Waals surface area contributed by atoms with Crippen LogP contribution in [0.1, 0.15) is 37.0 Å². The fourth-order valence-corrected chi connectivity index (χ4v) is 3.22. The molecular weight excluding hydrogens is 393 g/mol. The second-order valence-electron chi connectivity index (χ2n) is 4.28. The first-order valence-electron chi connectivity index (χ1n) is 6.37. The van der Waals surface area contributed by atoms with Gasteiger partial charge in [0.2, 0.25) is 0 Å². The molecule has 0 aliphatic heterocycles. The lowest BCUT2D eigenvalue weighted by atomic mass is 10.1. The lowest BCUT2D eigenvalue weighted by molar-refractivity contribution is 0.0683. The molecule has 0 radical (unpaired) electrons. The third kappa shape index (κ3) is 4.47. The Morgan fingerprint density at radius 3 is 2.47 bits per heavy atom. The lowest BCUT2D eigenvalue weighted by Gasteiger charge is -2.30. The van der Waals surface area contributed by atoms with Crippen LogP contribution < -0.4 is 0 Å². The molecule has 1 aromatic carbocycles. The monoisotopic (exact) mass is 409 g/mol. The van der Waals surface area contributed by atoms with Crippen LogP contribution in [0.3, 0.4) is 0 Å². The van der Waals surface area contributed by atoms with E-state index in [1.807, 2.05) is 11.0 Å². The van der Waals surface area contributed by atoms with Crippen LogP contribution in [0.4, 0.5) is 0 Å². The van der Waals surface area contributed by atoms with Gasteiger partial charge in [-0.05, 0) is 31.0 Å². The maximum atomic E-state index is 12.6. The van der Waals surface area contributed by atoms with Crippen LogP contribution in [-0.2, 0) is 0 Å². The summed E-state index contributed by atoms with van der Waals surface area (Å²) < 4.78 is 0.878. The molecule has 106 valence electrons. The van der Waals surface area contributed by atoms with Gasteiger partial charge >= 0.3 is 0 Å². The molecule has 0 saturated heterocycles. The van der Waals surface area contributed by atoms with Crippen molar-refractivity contribution in [1.29, 1.82) is 0 Å². The van der Waals surface area contributed by atoms with Gasteiger partial charge in [0.05, 0.1) is 10.6 Å². The van der Waals surface area contributed by atoms with Gasteiger partial charge in [-0.3, -0.25) is 4.79 Å². The van der Waals surface area contributed by atoms with Crippen LogP contribution in [-0.4, -0.2) is 28.7 Å². The van der Waals surface area contributed by atoms with Crippen molar-refractivity contribution in [2.75, 3.05) is 11.9 Å². The first-order valence-corrected chi connectivity index (χ1v) is 8.66. The number of hydrogen-bond acceptors (Lipinski definition) is 1. The van der Waals surface area contributed by atoms with Crippen molar-refractivity contribution in [2.24, 2.45) is 0 Å². The van der Waals surface area contributed by atoms with Gasteiger partial charge in [-0.2, -0.15) is 0 Å². The van der Waals surface area contributed by atoms with Crippen molar-refractivity contribution < 1.29 is 4.79 Å². The highest BCUT2D eigenvalue weighted by molar-refractivity contribution is 9.10. The Balaban J connectivity index is 3.04. The smallest absolute Gasteiger partial charge is 0.255 e. The molecule has 1 aromatic rings. The van der Waals surface area contributed by atoms with Gasteiger partial charge in [0.1, 0.15) is 0 Å². The Bertz CT molecular complexity index is 435. The van der Waals surface area contributed by atoms with Gasteiger partial charge in [0.25, 0.3) is 5.91 Å². The fraction of sp³-hybridized carbons (Fsp3) is 0.500. The predicted molar refractivity (Wildman–Crippen MR) is 88.4 cm³/mol. The molecule has 2 nitrogen and oxygen atoms in total. The van der Waals surface area contributed by atoms with Crippen LogP contribution in [0.25, 0.3) is 0 Å². The molecule has 1 rings (SSSR count). The quantitative estimate of drug-likeness (QED) is 0.595. The maximum absolute atomic E-state index is 12.6. The third-order valence-corrected chi connectivity index (χ3v) is 4.29. The lowest BCUT2D eigenvalue weighted by Crippen LogP contribution is -2.41. The number of amides is 1. The largest absolute Gasteiger partial charge is 0.335 e. The minimum absolute atomic E-state index is 0.00523. The average molecular weight is 412 g/mol. The van der Waals surface area contributed by atoms with Gasteiger partial charge < -0.3 is 4.90 Å². The van der Waals surface area contributed by atoms with Crippen LogP contribution in [0, 0.1) is 0 Å². The zero-order valence-corrected chi connectivity index (χ0v) is 15.1. The maximum Gasteiger partial charge on any atom is 0.255 e. The number of benzene rings is 1. The van der Waals surface area contributed by atoms with E-state index in [0.717, 1.165) is 22.6 Å². The van der Waals surface area contributed by atoms with E-state index in [2.05, 4.69) is 45.7 Å². The number of rotatable bonds is 6. The normalized spacial score (nSPS) is 10.8. The summed E-state index contributed by atoms with van der Waals surface area (Å²) in [5.41, 5.74) is 0.567. The van der Waals surface area contributed by atoms with Crippen LogP contribution >= 0.6 is 43.5 Å². The third-order valence-electron chi connectivity index (χ3n) is 3.13. The zero-order chi connectivity index (χ0) is 14.4. The van der Waals surface area contributed by atoms with E-state index in [-0.39, 0.29) is 11.9 Å². The number of carbonyl (C=O) groups excluding carboxylic acids is 1. The van der Waals surface area contributed by atoms with E-state index in [1.165, 1.54) is 0 Å². The highest BCUT2D eigenvalue weighted by Gasteiger charge is 2.23. The summed E-state index contributed by atoms with van der Waals surface area (Å²) in [5, 5.41) is 1.26. The van der Waals surface area contributed by atoms with Crippen molar-refractivity contribution in [1.82, 2.24) is 4.90 Å². The van der Waals surface area contributed by atoms with Crippen molar-refractivity contribution >= 4 is 49.4 Å². The van der Waals surface area contributed by atoms with Gasteiger partial charge in [-0.25, -0.2) is 0 Å². The number of alkyl halides is 1. The molecule has 0 aliphatic rings. The number of hydrogen-bond donors (Lipinski definition) is 0. The standard InChI is InChI=1S/C14H18Br2ClNO/c1-3-11(4-2)18(8-7-15)14(19)12-6-5-10(16)9-13(12)17/h5-6,9,11H,3-4,7-8H2,1-2H3. The molecule has 0 aliphatic carbocycles. The Labute approximate surface area is 136 Å². The minimum Gasteiger partial charge on any atom is -0.335 e. The van der Waals surface area contributed by atoms with Gasteiger partial charge in [0.15, 0.2) is 0 Å². The molecule has 0 bridgehead atoms. The van der Waals surface area contributed by atoms with E-state index >= 15 is 0 Å². The first kappa shape index (κ1) is 17.0. The highest BCUT2D eigenvalue weighted by Crippen LogP contribution is 2.24. The fourth-order valence-electron chi connectivity index (χ4n) is 2.09. The summed E-state index contributed by atoms with van der Waals surface area (Å²) in [5.74, 6) is 0.00523. The molecule has 5 heteroatoms. The molecule has 19 heavy (non-hydrogen) atoms. The summed E-state index contributed by atoms with van der Waals surface area (Å²) in [6.07, 6.45) is 1.90. The van der Waals surface area contributed by atoms with Crippen LogP contribution in [0.15, 0.2) is 22.7 Å². The molecule has 0 spiro atoms. The number of nitrogens with zero attached hydrogens (tertiary/aromatic N) is 1. The summed E-state index contributed by atoms with van der Waals surface area (Å²) >= 11 is 12.9. The number of halogens is 3. The number of carbonyl (C=O) groups is 1. The molecule has 0 fully saturated rings. The van der Waals surface area contributed by atoms with Gasteiger partial charge in [-0.15, -0.1) is 0 Å². The molecule has 1 amide bonds. The second-order valence-corrected chi connectivity index (χ2v) is 6.40. The van der Waals surface area contributed by atoms with Crippen molar-refractivity contribution in [2.45, 2.75) is 32.7 Å². The SMILES string of the molecule is CCC(CC)N(CCBr)C(=O)c1ccc(Br)cc1Cl. The Morgan fingerprint density at radius 2 is 2.00 bits per heavy atom. The summed E-state index contributed by atoms with van der Waals surface area (Å²) in [7, 11) is 0. The van der Waals surface area contributed by atoms with Crippen molar-refractivity contribution in [3.63, 3.8) is 0 Å². The van der Waals surface area contributed by atoms with Crippen molar-refractivity contribution in [3.05, 3.63) is 33.3 Å². The Kier molecular flexibility index (Phi) is 7.40. The Morgan fingerprint density at radius 1 is 1.37 bits per heavy atom. The van der Waals surface area contributed by atoms with E-state index < -0.39 is 0 Å². The molecule has 0 unspecified atom stereocenters. The molecular formula is C14H18Br2ClNO. The van der Waals surface area contributed by atoms with E-state index in [1.54, 1.807) is 12.1 Å². The molecule has 0 saturated carbocycles. The minimum atomic E-state index is 0.00523. The van der Waals surface area contributed by atoms with E-state index in [4.69, 9.17) is 11.6 Å². The molecule has 0 atom stereocenters. The van der Waals surface area contributed by atoms with Crippen LogP contribution in [0.5, 0.6) is 0 Å². The van der Waals surface area contributed by atoms with Gasteiger partial charge in [-0.1, -0.05) is 57.3 Å². The summed E-state index contributed by atoms with van der Waals surface area (Å²) in [6.45, 7) is 4.90. The van der Waals surface area contributed by atoms with Crippen molar-refractivity contribution in [3.8, 4) is 0 Å². The van der Waals surface area contributed by atoms with Crippen LogP contribution in [0.2, 0.25) is 5.02 Å². The molecule has 0 heterocycles. The summed E-state index contributed by atoms with van der Waals surface area (Å²) in [6, 6.07) is 5.63. The highest BCUT2D eigenvalue weighted by atomic mass is 79.9. The first-order chi connectivity index (χ1) is 9.04. The zero-order valence-electron chi connectivity index (χ0n) is 11.1. The predicted octanol–water partition coefficient (Wildman–Crippen LogP) is 5.13. The van der Waals surface area contributed by atoms with E-state index in [0.29, 0.717) is 17.1 Å². The summed E-state index contributed by atoms with van der Waals surface area (Å²) in [4.78, 5) is 14.5. The molecule has 0 aromatic heterocycles. The topological polar surface area (TPSA) is 20.3 Å².